The van der Waals surface area contributed by atoms with E-state index in [-0.39, 0.29) is 16.4 Å². The number of carboxylic acids is 1. The molecule has 0 aliphatic carbocycles. The van der Waals surface area contributed by atoms with E-state index in [1.165, 1.54) is 0 Å². The number of carbonyl (C=O) groups is 1. The Labute approximate surface area is 126 Å². The minimum Gasteiger partial charge on any atom is -0.477 e. The Kier molecular flexibility index (Phi) is 4.73. The van der Waals surface area contributed by atoms with Gasteiger partial charge >= 0.3 is 5.97 Å². The van der Waals surface area contributed by atoms with Crippen LogP contribution in [0.5, 0.6) is 0 Å². The summed E-state index contributed by atoms with van der Waals surface area (Å²) in [4.78, 5) is 18.1. The van der Waals surface area contributed by atoms with Gasteiger partial charge < -0.3 is 5.11 Å². The van der Waals surface area contributed by atoms with Crippen molar-refractivity contribution in [1.29, 1.82) is 0 Å². The van der Waals surface area contributed by atoms with Gasteiger partial charge in [0.15, 0.2) is 0 Å². The van der Waals surface area contributed by atoms with Crippen LogP contribution in [0.1, 0.15) is 20.1 Å². The highest BCUT2D eigenvalue weighted by Crippen LogP contribution is 2.25. The predicted molar refractivity (Wildman–Crippen MR) is 77.6 cm³/mol. The van der Waals surface area contributed by atoms with Gasteiger partial charge in [0.05, 0.1) is 11.5 Å². The lowest BCUT2D eigenvalue weighted by molar-refractivity contribution is 0.0702. The van der Waals surface area contributed by atoms with Crippen LogP contribution in [0.4, 0.5) is 0 Å². The van der Waals surface area contributed by atoms with Crippen LogP contribution in [0.2, 0.25) is 0 Å². The lowest BCUT2D eigenvalue weighted by atomic mass is 10.2. The van der Waals surface area contributed by atoms with Gasteiger partial charge in [-0.2, -0.15) is 0 Å². The smallest absolute Gasteiger partial charge is 0.345 e. The van der Waals surface area contributed by atoms with Gasteiger partial charge in [0.1, 0.15) is 4.88 Å². The Bertz CT molecular complexity index is 737. The number of aromatic carboxylic acids is 1. The Morgan fingerprint density at radius 3 is 2.57 bits per heavy atom. The molecule has 0 fully saturated rings. The molecule has 0 aliphatic heterocycles. The second-order valence-corrected chi connectivity index (χ2v) is 7.07. The van der Waals surface area contributed by atoms with E-state index in [0.717, 1.165) is 23.0 Å². The molecule has 0 atom stereocenters. The molecule has 0 radical (unpaired) electrons. The largest absolute Gasteiger partial charge is 0.477 e. The van der Waals surface area contributed by atoms with Crippen molar-refractivity contribution in [2.24, 2.45) is 0 Å². The molecular weight excluding hydrogens is 314 g/mol. The minimum absolute atomic E-state index is 0.0315. The maximum atomic E-state index is 12.1. The molecule has 0 aliphatic rings. The number of benzene rings is 1. The number of hydrogen-bond donors (Lipinski definition) is 2. The van der Waals surface area contributed by atoms with Crippen molar-refractivity contribution in [3.63, 3.8) is 0 Å². The van der Waals surface area contributed by atoms with Crippen molar-refractivity contribution in [2.75, 3.05) is 0 Å². The fourth-order valence-corrected chi connectivity index (χ4v) is 3.88. The first-order valence-corrected chi connectivity index (χ1v) is 8.21. The molecule has 2 aromatic rings. The highest BCUT2D eigenvalue weighted by molar-refractivity contribution is 7.89. The quantitative estimate of drug-likeness (QED) is 0.793. The topological polar surface area (TPSA) is 92.7 Å². The van der Waals surface area contributed by atoms with Crippen molar-refractivity contribution < 1.29 is 23.2 Å². The van der Waals surface area contributed by atoms with Crippen molar-refractivity contribution >= 4 is 27.3 Å². The monoisotopic (exact) mass is 327 g/mol. The highest BCUT2D eigenvalue weighted by Gasteiger charge is 2.22. The summed E-state index contributed by atoms with van der Waals surface area (Å²) in [6.45, 7) is 1.62. The van der Waals surface area contributed by atoms with Gasteiger partial charge in [-0.25, -0.2) is 13.2 Å². The summed E-state index contributed by atoms with van der Waals surface area (Å²) in [7, 11) is -3.90. The Morgan fingerprint density at radius 1 is 1.33 bits per heavy atom. The molecule has 0 unspecified atom stereocenters. The highest BCUT2D eigenvalue weighted by atomic mass is 32.2. The molecule has 1 aromatic carbocycles. The maximum absolute atomic E-state index is 12.1. The molecular formula is C13H13NO5S2. The summed E-state index contributed by atoms with van der Waals surface area (Å²) in [5.74, 6) is -1.16. The first-order valence-electron chi connectivity index (χ1n) is 5.91. The number of nitrogens with one attached hydrogen (secondary N) is 1. The standard InChI is InChI=1S/C13H13NO5S2/c1-9-12(7-11(20-9)13(15)16)21(17,18)14-19-8-10-5-3-2-4-6-10/h2-7,14H,8H2,1H3,(H,15,16). The van der Waals surface area contributed by atoms with Crippen LogP contribution in [0.15, 0.2) is 41.3 Å². The predicted octanol–water partition coefficient (Wildman–Crippen LogP) is 2.16. The number of thiophene rings is 1. The molecule has 0 saturated carbocycles. The van der Waals surface area contributed by atoms with Crippen molar-refractivity contribution in [1.82, 2.24) is 4.89 Å². The van der Waals surface area contributed by atoms with Crippen molar-refractivity contribution in [2.45, 2.75) is 18.4 Å². The summed E-state index contributed by atoms with van der Waals surface area (Å²) in [6.07, 6.45) is 0. The molecule has 21 heavy (non-hydrogen) atoms. The summed E-state index contributed by atoms with van der Waals surface area (Å²) >= 11 is 0.905. The zero-order valence-electron chi connectivity index (χ0n) is 11.1. The lowest BCUT2D eigenvalue weighted by Gasteiger charge is -2.06. The van der Waals surface area contributed by atoms with Crippen LogP contribution in [-0.2, 0) is 21.5 Å². The van der Waals surface area contributed by atoms with Crippen LogP contribution in [0.3, 0.4) is 0 Å². The van der Waals surface area contributed by atoms with Gasteiger partial charge in [0, 0.05) is 4.88 Å². The zero-order chi connectivity index (χ0) is 15.5. The molecule has 0 saturated heterocycles. The van der Waals surface area contributed by atoms with E-state index in [0.29, 0.717) is 4.88 Å². The molecule has 0 spiro atoms. The van der Waals surface area contributed by atoms with E-state index in [4.69, 9.17) is 9.94 Å². The Balaban J connectivity index is 2.07. The van der Waals surface area contributed by atoms with Gasteiger partial charge in [-0.05, 0) is 18.6 Å². The third-order valence-corrected chi connectivity index (χ3v) is 5.13. The molecule has 1 aromatic heterocycles. The number of carboxylic acid groups (broad SMARTS) is 1. The molecule has 6 nitrogen and oxygen atoms in total. The van der Waals surface area contributed by atoms with Crippen LogP contribution >= 0.6 is 11.3 Å². The summed E-state index contributed by atoms with van der Waals surface area (Å²) in [6, 6.07) is 10.2. The average Bonchev–Trinajstić information content (AvgIpc) is 2.83. The molecule has 0 bridgehead atoms. The number of sulfonamides is 1. The number of aryl methyl sites for hydroxylation is 1. The lowest BCUT2D eigenvalue weighted by Crippen LogP contribution is -2.24. The third-order valence-electron chi connectivity index (χ3n) is 2.62. The number of hydrogen-bond acceptors (Lipinski definition) is 5. The van der Waals surface area contributed by atoms with E-state index in [2.05, 4.69) is 0 Å². The number of rotatable bonds is 6. The van der Waals surface area contributed by atoms with Gasteiger partial charge in [-0.1, -0.05) is 35.2 Å². The van der Waals surface area contributed by atoms with Crippen LogP contribution < -0.4 is 4.89 Å². The Hall–Kier alpha value is -1.74. The molecule has 112 valence electrons. The molecule has 0 amide bonds. The SMILES string of the molecule is Cc1sc(C(=O)O)cc1S(=O)(=O)NOCc1ccccc1. The minimum atomic E-state index is -3.90. The first-order chi connectivity index (χ1) is 9.90. The van der Waals surface area contributed by atoms with Gasteiger partial charge in [0.2, 0.25) is 0 Å². The van der Waals surface area contributed by atoms with Gasteiger partial charge in [-0.15, -0.1) is 11.3 Å². The van der Waals surface area contributed by atoms with E-state index >= 15 is 0 Å². The van der Waals surface area contributed by atoms with E-state index in [1.54, 1.807) is 19.1 Å². The third kappa shape index (κ3) is 3.88. The Morgan fingerprint density at radius 2 is 2.00 bits per heavy atom. The molecule has 1 heterocycles. The van der Waals surface area contributed by atoms with Crippen LogP contribution in [-0.4, -0.2) is 19.5 Å². The maximum Gasteiger partial charge on any atom is 0.345 e. The molecule has 8 heteroatoms. The fourth-order valence-electron chi connectivity index (χ4n) is 1.65. The molecule has 2 rings (SSSR count). The van der Waals surface area contributed by atoms with Gasteiger partial charge in [0.25, 0.3) is 10.0 Å². The first kappa shape index (κ1) is 15.6. The zero-order valence-corrected chi connectivity index (χ0v) is 12.7. The van der Waals surface area contributed by atoms with Crippen LogP contribution in [0.25, 0.3) is 0 Å². The van der Waals surface area contributed by atoms with E-state index in [1.807, 2.05) is 23.1 Å². The van der Waals surface area contributed by atoms with Crippen molar-refractivity contribution in [3.05, 3.63) is 51.7 Å². The average molecular weight is 327 g/mol. The normalized spacial score (nSPS) is 11.5. The van der Waals surface area contributed by atoms with E-state index < -0.39 is 16.0 Å². The summed E-state index contributed by atoms with van der Waals surface area (Å²) in [5, 5.41) is 8.88. The second-order valence-electron chi connectivity index (χ2n) is 4.20. The summed E-state index contributed by atoms with van der Waals surface area (Å²) in [5.41, 5.74) is 0.813. The second kappa shape index (κ2) is 6.35. The van der Waals surface area contributed by atoms with Crippen molar-refractivity contribution in [3.8, 4) is 0 Å². The summed E-state index contributed by atoms with van der Waals surface area (Å²) < 4.78 is 24.1. The van der Waals surface area contributed by atoms with Gasteiger partial charge in [-0.3, -0.25) is 4.84 Å². The fraction of sp³-hybridized carbons (Fsp3) is 0.154. The van der Waals surface area contributed by atoms with E-state index in [9.17, 15) is 13.2 Å². The van der Waals surface area contributed by atoms with Crippen LogP contribution in [0, 0.1) is 6.92 Å². The molecule has 2 N–H and O–H groups in total.